The molecule has 1 N–H and O–H groups in total. The molecule has 86 valence electrons. The maximum Gasteiger partial charge on any atom is 0.0931 e. The minimum absolute atomic E-state index is 0.277. The van der Waals surface area contributed by atoms with Crippen molar-refractivity contribution in [1.29, 1.82) is 0 Å². The van der Waals surface area contributed by atoms with Crippen molar-refractivity contribution in [2.45, 2.75) is 38.4 Å². The molecule has 0 aliphatic rings. The van der Waals surface area contributed by atoms with Crippen LogP contribution in [0, 0.1) is 0 Å². The smallest absolute Gasteiger partial charge is 0.0931 e. The summed E-state index contributed by atoms with van der Waals surface area (Å²) in [6.07, 6.45) is 0.887. The Kier molecular flexibility index (Phi) is 4.59. The topological polar surface area (TPSA) is 29.5 Å². The number of thiophene rings is 1. The highest BCUT2D eigenvalue weighted by Gasteiger charge is 2.21. The van der Waals surface area contributed by atoms with Crippen molar-refractivity contribution in [3.05, 3.63) is 21.3 Å². The van der Waals surface area contributed by atoms with Crippen LogP contribution in [0.5, 0.6) is 0 Å². The molecule has 1 unspecified atom stereocenters. The monoisotopic (exact) mass is 248 g/mol. The third kappa shape index (κ3) is 4.51. The number of halogens is 1. The van der Waals surface area contributed by atoms with E-state index in [1.54, 1.807) is 7.11 Å². The Morgan fingerprint density at radius 1 is 1.53 bits per heavy atom. The van der Waals surface area contributed by atoms with Gasteiger partial charge in [-0.2, -0.15) is 0 Å². The molecule has 0 fully saturated rings. The Labute approximate surface area is 99.8 Å². The van der Waals surface area contributed by atoms with Crippen LogP contribution in [0.25, 0.3) is 0 Å². The summed E-state index contributed by atoms with van der Waals surface area (Å²) in [5, 5.41) is 9.86. The minimum atomic E-state index is -0.380. The SMILES string of the molecule is COC(C)(C)CC(O)Cc1ccc(Cl)s1. The fourth-order valence-electron chi connectivity index (χ4n) is 1.42. The highest BCUT2D eigenvalue weighted by atomic mass is 35.5. The van der Waals surface area contributed by atoms with Gasteiger partial charge < -0.3 is 9.84 Å². The van der Waals surface area contributed by atoms with E-state index in [-0.39, 0.29) is 11.7 Å². The summed E-state index contributed by atoms with van der Waals surface area (Å²) in [4.78, 5) is 1.11. The van der Waals surface area contributed by atoms with Crippen molar-refractivity contribution in [1.82, 2.24) is 0 Å². The molecule has 0 radical (unpaired) electrons. The predicted octanol–water partition coefficient (Wildman–Crippen LogP) is 3.12. The summed E-state index contributed by atoms with van der Waals surface area (Å²) in [6, 6.07) is 3.81. The zero-order valence-electron chi connectivity index (χ0n) is 9.29. The first-order valence-electron chi connectivity index (χ1n) is 4.90. The summed E-state index contributed by atoms with van der Waals surface area (Å²) in [5.41, 5.74) is -0.277. The predicted molar refractivity (Wildman–Crippen MR) is 64.7 cm³/mol. The molecular formula is C11H17ClO2S. The van der Waals surface area contributed by atoms with Crippen molar-refractivity contribution in [2.75, 3.05) is 7.11 Å². The molecule has 0 aromatic carbocycles. The van der Waals surface area contributed by atoms with Crippen LogP contribution in [0.2, 0.25) is 4.34 Å². The first kappa shape index (κ1) is 13.0. The van der Waals surface area contributed by atoms with E-state index in [0.717, 1.165) is 9.21 Å². The van der Waals surface area contributed by atoms with Crippen LogP contribution in [0.4, 0.5) is 0 Å². The van der Waals surface area contributed by atoms with E-state index in [9.17, 15) is 5.11 Å². The number of hydrogen-bond acceptors (Lipinski definition) is 3. The lowest BCUT2D eigenvalue weighted by molar-refractivity contribution is -0.0189. The fourth-order valence-corrected chi connectivity index (χ4v) is 2.58. The van der Waals surface area contributed by atoms with Crippen molar-refractivity contribution < 1.29 is 9.84 Å². The highest BCUT2D eigenvalue weighted by molar-refractivity contribution is 7.16. The summed E-state index contributed by atoms with van der Waals surface area (Å²) in [7, 11) is 1.66. The summed E-state index contributed by atoms with van der Waals surface area (Å²) in [6.45, 7) is 3.94. The minimum Gasteiger partial charge on any atom is -0.393 e. The Bertz CT molecular complexity index is 309. The van der Waals surface area contributed by atoms with Crippen LogP contribution in [-0.2, 0) is 11.2 Å². The van der Waals surface area contributed by atoms with Gasteiger partial charge in [-0.05, 0) is 26.0 Å². The van der Waals surface area contributed by atoms with E-state index in [1.807, 2.05) is 26.0 Å². The molecule has 0 spiro atoms. The second-order valence-corrected chi connectivity index (χ2v) is 6.03. The van der Waals surface area contributed by atoms with E-state index in [1.165, 1.54) is 11.3 Å². The summed E-state index contributed by atoms with van der Waals surface area (Å²) < 4.78 is 6.04. The fraction of sp³-hybridized carbons (Fsp3) is 0.636. The molecule has 1 heterocycles. The average Bonchev–Trinajstić information content (AvgIpc) is 2.50. The van der Waals surface area contributed by atoms with Gasteiger partial charge in [0, 0.05) is 24.8 Å². The van der Waals surface area contributed by atoms with Crippen LogP contribution in [0.1, 0.15) is 25.1 Å². The number of ether oxygens (including phenoxy) is 1. The summed E-state index contributed by atoms with van der Waals surface area (Å²) >= 11 is 7.33. The van der Waals surface area contributed by atoms with Gasteiger partial charge in [-0.1, -0.05) is 11.6 Å². The van der Waals surface area contributed by atoms with Crippen molar-refractivity contribution in [3.63, 3.8) is 0 Å². The highest BCUT2D eigenvalue weighted by Crippen LogP contribution is 2.24. The molecule has 1 aromatic rings. The largest absolute Gasteiger partial charge is 0.393 e. The molecular weight excluding hydrogens is 232 g/mol. The van der Waals surface area contributed by atoms with Gasteiger partial charge in [-0.25, -0.2) is 0 Å². The molecule has 2 nitrogen and oxygen atoms in total. The van der Waals surface area contributed by atoms with E-state index >= 15 is 0 Å². The molecule has 1 rings (SSSR count). The van der Waals surface area contributed by atoms with Crippen LogP contribution < -0.4 is 0 Å². The first-order valence-corrected chi connectivity index (χ1v) is 6.10. The molecule has 0 bridgehead atoms. The third-order valence-corrected chi connectivity index (χ3v) is 3.60. The number of rotatable bonds is 5. The van der Waals surface area contributed by atoms with Gasteiger partial charge >= 0.3 is 0 Å². The Morgan fingerprint density at radius 3 is 2.67 bits per heavy atom. The Morgan fingerprint density at radius 2 is 2.20 bits per heavy atom. The molecule has 0 aliphatic heterocycles. The third-order valence-electron chi connectivity index (χ3n) is 2.35. The second-order valence-electron chi connectivity index (χ2n) is 4.23. The van der Waals surface area contributed by atoms with Gasteiger partial charge in [-0.15, -0.1) is 11.3 Å². The molecule has 15 heavy (non-hydrogen) atoms. The zero-order chi connectivity index (χ0) is 11.5. The van der Waals surface area contributed by atoms with Crippen LogP contribution >= 0.6 is 22.9 Å². The summed E-state index contributed by atoms with van der Waals surface area (Å²) in [5.74, 6) is 0. The van der Waals surface area contributed by atoms with E-state index in [4.69, 9.17) is 16.3 Å². The van der Waals surface area contributed by atoms with Crippen molar-refractivity contribution in [2.24, 2.45) is 0 Å². The number of hydrogen-bond donors (Lipinski definition) is 1. The van der Waals surface area contributed by atoms with Gasteiger partial charge in [0.05, 0.1) is 16.0 Å². The van der Waals surface area contributed by atoms with E-state index in [2.05, 4.69) is 0 Å². The average molecular weight is 249 g/mol. The van der Waals surface area contributed by atoms with E-state index < -0.39 is 0 Å². The molecule has 0 saturated carbocycles. The lowest BCUT2D eigenvalue weighted by atomic mass is 9.98. The molecule has 4 heteroatoms. The van der Waals surface area contributed by atoms with Gasteiger partial charge in [0.1, 0.15) is 0 Å². The maximum atomic E-state index is 9.86. The van der Waals surface area contributed by atoms with Crippen LogP contribution in [0.3, 0.4) is 0 Å². The standard InChI is InChI=1S/C11H17ClO2S/c1-11(2,14-3)7-8(13)6-9-4-5-10(12)15-9/h4-5,8,13H,6-7H2,1-3H3. The molecule has 0 saturated heterocycles. The zero-order valence-corrected chi connectivity index (χ0v) is 10.9. The molecule has 1 aromatic heterocycles. The molecule has 1 atom stereocenters. The van der Waals surface area contributed by atoms with Gasteiger partial charge in [0.15, 0.2) is 0 Å². The van der Waals surface area contributed by atoms with Gasteiger partial charge in [0.25, 0.3) is 0 Å². The molecule has 0 amide bonds. The van der Waals surface area contributed by atoms with E-state index in [0.29, 0.717) is 12.8 Å². The number of aliphatic hydroxyl groups excluding tert-OH is 1. The first-order chi connectivity index (χ1) is 6.93. The van der Waals surface area contributed by atoms with Crippen LogP contribution in [0.15, 0.2) is 12.1 Å². The van der Waals surface area contributed by atoms with Crippen LogP contribution in [-0.4, -0.2) is 23.9 Å². The van der Waals surface area contributed by atoms with Gasteiger partial charge in [0.2, 0.25) is 0 Å². The Hall–Kier alpha value is -0.0900. The number of methoxy groups -OCH3 is 1. The maximum absolute atomic E-state index is 9.86. The lowest BCUT2D eigenvalue weighted by Crippen LogP contribution is -2.29. The van der Waals surface area contributed by atoms with Crippen molar-refractivity contribution >= 4 is 22.9 Å². The second kappa shape index (κ2) is 5.30. The normalized spacial score (nSPS) is 14.2. The molecule has 0 aliphatic carbocycles. The van der Waals surface area contributed by atoms with Crippen molar-refractivity contribution in [3.8, 4) is 0 Å². The number of aliphatic hydroxyl groups is 1. The lowest BCUT2D eigenvalue weighted by Gasteiger charge is -2.25. The Balaban J connectivity index is 2.46. The quantitative estimate of drug-likeness (QED) is 0.868. The van der Waals surface area contributed by atoms with Gasteiger partial charge in [-0.3, -0.25) is 0 Å².